The minimum absolute atomic E-state index is 0.00488. The molecule has 0 radical (unpaired) electrons. The predicted octanol–water partition coefficient (Wildman–Crippen LogP) is 2.64. The number of nitrogens with zero attached hydrogens (tertiary/aromatic N) is 1. The summed E-state index contributed by atoms with van der Waals surface area (Å²) in [7, 11) is 1.61. The molecule has 2 atom stereocenters. The molecule has 6 nitrogen and oxygen atoms in total. The minimum atomic E-state index is -0.166. The van der Waals surface area contributed by atoms with E-state index in [1.54, 1.807) is 12.0 Å². The number of amides is 3. The van der Waals surface area contributed by atoms with Gasteiger partial charge in [-0.15, -0.1) is 0 Å². The summed E-state index contributed by atoms with van der Waals surface area (Å²) in [5.74, 6) is -0.171. The smallest absolute Gasteiger partial charge is 0.322 e. The fraction of sp³-hybridized carbons (Fsp3) is 0.579. The molecule has 0 bridgehead atoms. The molecule has 0 spiro atoms. The van der Waals surface area contributed by atoms with Crippen LogP contribution in [0.3, 0.4) is 0 Å². The lowest BCUT2D eigenvalue weighted by Gasteiger charge is -2.37. The summed E-state index contributed by atoms with van der Waals surface area (Å²) in [5, 5.41) is 5.83. The van der Waals surface area contributed by atoms with Crippen molar-refractivity contribution in [2.75, 3.05) is 32.1 Å². The number of methoxy groups -OCH3 is 1. The molecule has 6 heteroatoms. The van der Waals surface area contributed by atoms with Crippen molar-refractivity contribution in [2.45, 2.75) is 39.2 Å². The summed E-state index contributed by atoms with van der Waals surface area (Å²) in [6, 6.07) is 7.84. The van der Waals surface area contributed by atoms with Crippen LogP contribution in [-0.4, -0.2) is 49.7 Å². The Kier molecular flexibility index (Phi) is 7.25. The van der Waals surface area contributed by atoms with Crippen LogP contribution >= 0.6 is 0 Å². The molecule has 0 aromatic heterocycles. The number of hydrogen-bond donors (Lipinski definition) is 2. The first-order valence-corrected chi connectivity index (χ1v) is 8.98. The molecule has 1 aliphatic heterocycles. The van der Waals surface area contributed by atoms with Crippen molar-refractivity contribution in [2.24, 2.45) is 5.92 Å². The second-order valence-electron chi connectivity index (χ2n) is 6.54. The summed E-state index contributed by atoms with van der Waals surface area (Å²) in [6.45, 7) is 5.55. The summed E-state index contributed by atoms with van der Waals surface area (Å²) in [6.07, 6.45) is 2.55. The molecule has 0 unspecified atom stereocenters. The van der Waals surface area contributed by atoms with Gasteiger partial charge in [-0.2, -0.15) is 0 Å². The van der Waals surface area contributed by atoms with Gasteiger partial charge in [0.05, 0.1) is 12.5 Å². The van der Waals surface area contributed by atoms with Gasteiger partial charge in [0.2, 0.25) is 5.91 Å². The number of likely N-dealkylation sites (tertiary alicyclic amines) is 1. The highest BCUT2D eigenvalue weighted by atomic mass is 16.5. The zero-order valence-electron chi connectivity index (χ0n) is 15.4. The Morgan fingerprint density at radius 3 is 2.84 bits per heavy atom. The third-order valence-corrected chi connectivity index (χ3v) is 4.71. The van der Waals surface area contributed by atoms with Crippen molar-refractivity contribution in [3.63, 3.8) is 0 Å². The van der Waals surface area contributed by atoms with Gasteiger partial charge in [0.15, 0.2) is 0 Å². The lowest BCUT2D eigenvalue weighted by Crippen LogP contribution is -2.51. The van der Waals surface area contributed by atoms with Crippen LogP contribution < -0.4 is 10.6 Å². The molecule has 1 aliphatic rings. The molecule has 2 rings (SSSR count). The Morgan fingerprint density at radius 1 is 1.32 bits per heavy atom. The summed E-state index contributed by atoms with van der Waals surface area (Å²) >= 11 is 0. The average molecular weight is 347 g/mol. The average Bonchev–Trinajstić information content (AvgIpc) is 2.62. The van der Waals surface area contributed by atoms with E-state index in [1.807, 2.05) is 31.2 Å². The van der Waals surface area contributed by atoms with E-state index in [4.69, 9.17) is 4.74 Å². The molecule has 1 aromatic carbocycles. The number of anilines is 1. The van der Waals surface area contributed by atoms with Crippen molar-refractivity contribution < 1.29 is 14.3 Å². The first-order chi connectivity index (χ1) is 12.0. The van der Waals surface area contributed by atoms with Crippen LogP contribution in [0.4, 0.5) is 10.5 Å². The second-order valence-corrected chi connectivity index (χ2v) is 6.54. The van der Waals surface area contributed by atoms with Crippen molar-refractivity contribution >= 4 is 17.6 Å². The molecule has 1 aromatic rings. The van der Waals surface area contributed by atoms with E-state index in [0.717, 1.165) is 24.9 Å². The third kappa shape index (κ3) is 5.46. The van der Waals surface area contributed by atoms with Gasteiger partial charge in [-0.1, -0.05) is 19.1 Å². The first kappa shape index (κ1) is 19.2. The third-order valence-electron chi connectivity index (χ3n) is 4.71. The number of ether oxygens (including phenoxy) is 1. The first-order valence-electron chi connectivity index (χ1n) is 8.98. The second kappa shape index (κ2) is 9.42. The van der Waals surface area contributed by atoms with Crippen molar-refractivity contribution in [3.8, 4) is 0 Å². The number of benzene rings is 1. The molecule has 1 fully saturated rings. The fourth-order valence-electron chi connectivity index (χ4n) is 3.09. The van der Waals surface area contributed by atoms with Crippen LogP contribution in [0.2, 0.25) is 0 Å². The Bertz CT molecular complexity index is 591. The molecule has 0 aliphatic carbocycles. The Morgan fingerprint density at radius 2 is 2.12 bits per heavy atom. The van der Waals surface area contributed by atoms with Gasteiger partial charge in [-0.05, 0) is 43.9 Å². The quantitative estimate of drug-likeness (QED) is 0.777. The fourth-order valence-corrected chi connectivity index (χ4v) is 3.09. The zero-order valence-corrected chi connectivity index (χ0v) is 15.4. The maximum absolute atomic E-state index is 12.7. The standard InChI is InChI=1S/C19H29N3O3/c1-4-15-6-5-7-17(12-15)21-19(24)22-13-16(9-8-14(22)2)18(23)20-10-11-25-3/h5-7,12,14,16H,4,8-11,13H2,1-3H3,(H,20,23)(H,21,24)/t14-,16+/m0/s1. The van der Waals surface area contributed by atoms with Crippen LogP contribution in [0.1, 0.15) is 32.3 Å². The van der Waals surface area contributed by atoms with Crippen molar-refractivity contribution in [1.82, 2.24) is 10.2 Å². The largest absolute Gasteiger partial charge is 0.383 e. The maximum Gasteiger partial charge on any atom is 0.322 e. The van der Waals surface area contributed by atoms with Crippen molar-refractivity contribution in [3.05, 3.63) is 29.8 Å². The number of carbonyl (C=O) groups is 2. The lowest BCUT2D eigenvalue weighted by atomic mass is 9.93. The molecular formula is C19H29N3O3. The van der Waals surface area contributed by atoms with Gasteiger partial charge >= 0.3 is 6.03 Å². The highest BCUT2D eigenvalue weighted by molar-refractivity contribution is 5.90. The van der Waals surface area contributed by atoms with E-state index in [-0.39, 0.29) is 23.9 Å². The maximum atomic E-state index is 12.7. The Labute approximate surface area is 149 Å². The minimum Gasteiger partial charge on any atom is -0.383 e. The highest BCUT2D eigenvalue weighted by Crippen LogP contribution is 2.23. The van der Waals surface area contributed by atoms with E-state index >= 15 is 0 Å². The number of carbonyl (C=O) groups excluding carboxylic acids is 2. The molecule has 0 saturated carbocycles. The number of rotatable bonds is 6. The summed E-state index contributed by atoms with van der Waals surface area (Å²) in [4.78, 5) is 26.7. The number of aryl methyl sites for hydroxylation is 1. The van der Waals surface area contributed by atoms with E-state index in [9.17, 15) is 9.59 Å². The lowest BCUT2D eigenvalue weighted by molar-refractivity contribution is -0.126. The summed E-state index contributed by atoms with van der Waals surface area (Å²) < 4.78 is 4.95. The number of nitrogens with one attached hydrogen (secondary N) is 2. The number of piperidine rings is 1. The monoisotopic (exact) mass is 347 g/mol. The van der Waals surface area contributed by atoms with E-state index in [0.29, 0.717) is 19.7 Å². The molecule has 25 heavy (non-hydrogen) atoms. The van der Waals surface area contributed by atoms with Crippen LogP contribution in [-0.2, 0) is 16.0 Å². The summed E-state index contributed by atoms with van der Waals surface area (Å²) in [5.41, 5.74) is 1.98. The van der Waals surface area contributed by atoms with Crippen molar-refractivity contribution in [1.29, 1.82) is 0 Å². The zero-order chi connectivity index (χ0) is 18.2. The van der Waals surface area contributed by atoms with Gasteiger partial charge in [-0.3, -0.25) is 4.79 Å². The van der Waals surface area contributed by atoms with E-state index < -0.39 is 0 Å². The van der Waals surface area contributed by atoms with Gasteiger partial charge in [0.1, 0.15) is 0 Å². The number of urea groups is 1. The molecular weight excluding hydrogens is 318 g/mol. The van der Waals surface area contributed by atoms with Crippen LogP contribution in [0.15, 0.2) is 24.3 Å². The molecule has 138 valence electrons. The Balaban J connectivity index is 1.95. The molecule has 3 amide bonds. The number of hydrogen-bond acceptors (Lipinski definition) is 3. The van der Waals surface area contributed by atoms with Crippen LogP contribution in [0.5, 0.6) is 0 Å². The van der Waals surface area contributed by atoms with Gasteiger partial charge in [0, 0.05) is 31.9 Å². The predicted molar refractivity (Wildman–Crippen MR) is 98.6 cm³/mol. The normalized spacial score (nSPS) is 20.2. The van der Waals surface area contributed by atoms with Crippen LogP contribution in [0.25, 0.3) is 0 Å². The van der Waals surface area contributed by atoms with Crippen LogP contribution in [0, 0.1) is 5.92 Å². The SMILES string of the molecule is CCc1cccc(NC(=O)N2C[C@H](C(=O)NCCOC)CC[C@@H]2C)c1. The molecule has 1 heterocycles. The van der Waals surface area contributed by atoms with E-state index in [1.165, 1.54) is 5.56 Å². The molecule has 1 saturated heterocycles. The topological polar surface area (TPSA) is 70.7 Å². The van der Waals surface area contributed by atoms with Gasteiger partial charge in [0.25, 0.3) is 0 Å². The highest BCUT2D eigenvalue weighted by Gasteiger charge is 2.32. The van der Waals surface area contributed by atoms with Gasteiger partial charge in [-0.25, -0.2) is 4.79 Å². The Hall–Kier alpha value is -2.08. The van der Waals surface area contributed by atoms with Gasteiger partial charge < -0.3 is 20.3 Å². The van der Waals surface area contributed by atoms with E-state index in [2.05, 4.69) is 17.6 Å². The molecule has 2 N–H and O–H groups in total.